The van der Waals surface area contributed by atoms with Gasteiger partial charge in [0.2, 0.25) is 0 Å². The van der Waals surface area contributed by atoms with Gasteiger partial charge in [0, 0.05) is 12.2 Å². The van der Waals surface area contributed by atoms with E-state index in [1.165, 1.54) is 22.4 Å². The summed E-state index contributed by atoms with van der Waals surface area (Å²) in [7, 11) is 0. The number of thioether (sulfide) groups is 1. The van der Waals surface area contributed by atoms with Gasteiger partial charge in [-0.05, 0) is 11.5 Å². The molecular formula is C9H11N5O2S2. The monoisotopic (exact) mass is 285 g/mol. The molecule has 0 bridgehead atoms. The number of rotatable bonds is 6. The maximum atomic E-state index is 10.6. The molecule has 0 spiro atoms. The second kappa shape index (κ2) is 5.91. The third-order valence-corrected chi connectivity index (χ3v) is 3.92. The van der Waals surface area contributed by atoms with Crippen molar-refractivity contribution in [2.24, 2.45) is 0 Å². The molecule has 0 amide bonds. The molecule has 2 aromatic heterocycles. The van der Waals surface area contributed by atoms with Crippen LogP contribution in [0.5, 0.6) is 0 Å². The van der Waals surface area contributed by atoms with Gasteiger partial charge in [-0.2, -0.15) is 4.37 Å². The van der Waals surface area contributed by atoms with Crippen LogP contribution in [0, 0.1) is 0 Å². The van der Waals surface area contributed by atoms with E-state index in [1.807, 2.05) is 6.92 Å². The third kappa shape index (κ3) is 3.26. The van der Waals surface area contributed by atoms with Crippen LogP contribution in [-0.2, 0) is 13.0 Å². The van der Waals surface area contributed by atoms with Crippen LogP contribution < -0.4 is 0 Å². The number of carbonyl (C=O) groups is 1. The summed E-state index contributed by atoms with van der Waals surface area (Å²) in [5.74, 6) is 0.544. The maximum absolute atomic E-state index is 10.6. The number of aromatic carboxylic acids is 1. The van der Waals surface area contributed by atoms with E-state index in [2.05, 4.69) is 19.7 Å². The van der Waals surface area contributed by atoms with E-state index in [1.54, 1.807) is 11.8 Å². The molecule has 0 atom stereocenters. The van der Waals surface area contributed by atoms with Crippen molar-refractivity contribution >= 4 is 29.3 Å². The van der Waals surface area contributed by atoms with E-state index in [4.69, 9.17) is 5.11 Å². The van der Waals surface area contributed by atoms with Gasteiger partial charge in [0.25, 0.3) is 0 Å². The van der Waals surface area contributed by atoms with Crippen LogP contribution in [0.2, 0.25) is 0 Å². The van der Waals surface area contributed by atoms with Gasteiger partial charge in [-0.25, -0.2) is 9.78 Å². The van der Waals surface area contributed by atoms with Gasteiger partial charge in [-0.3, -0.25) is 4.68 Å². The Morgan fingerprint density at radius 1 is 1.61 bits per heavy atom. The molecule has 0 unspecified atom stereocenters. The molecular weight excluding hydrogens is 274 g/mol. The van der Waals surface area contributed by atoms with Crippen LogP contribution in [0.15, 0.2) is 10.5 Å². The van der Waals surface area contributed by atoms with Gasteiger partial charge in [-0.15, -0.1) is 5.10 Å². The summed E-state index contributed by atoms with van der Waals surface area (Å²) in [6.45, 7) is 2.60. The molecule has 96 valence electrons. The van der Waals surface area contributed by atoms with Gasteiger partial charge in [0.05, 0.1) is 12.7 Å². The highest BCUT2D eigenvalue weighted by molar-refractivity contribution is 8.00. The van der Waals surface area contributed by atoms with E-state index < -0.39 is 5.97 Å². The normalized spacial score (nSPS) is 10.7. The average Bonchev–Trinajstić information content (AvgIpc) is 2.97. The Labute approximate surface area is 111 Å². The first-order valence-electron chi connectivity index (χ1n) is 5.28. The molecule has 18 heavy (non-hydrogen) atoms. The van der Waals surface area contributed by atoms with Crippen molar-refractivity contribution < 1.29 is 9.90 Å². The molecule has 0 fully saturated rings. The van der Waals surface area contributed by atoms with Crippen LogP contribution in [0.3, 0.4) is 0 Å². The number of aryl methyl sites for hydroxylation is 2. The molecule has 0 radical (unpaired) electrons. The highest BCUT2D eigenvalue weighted by atomic mass is 32.2. The fourth-order valence-corrected chi connectivity index (χ4v) is 2.87. The molecule has 9 heteroatoms. The number of carboxylic acids is 1. The Balaban J connectivity index is 1.82. The summed E-state index contributed by atoms with van der Waals surface area (Å²) < 4.78 is 6.62. The van der Waals surface area contributed by atoms with E-state index in [9.17, 15) is 4.79 Å². The molecule has 2 aromatic rings. The SMILES string of the molecule is CCc1nsc(SCCn2cc(C(=O)O)nn2)n1. The Morgan fingerprint density at radius 2 is 2.44 bits per heavy atom. The second-order valence-electron chi connectivity index (χ2n) is 3.35. The fraction of sp³-hybridized carbons (Fsp3) is 0.444. The molecule has 2 heterocycles. The minimum absolute atomic E-state index is 0.0378. The number of hydrogen-bond acceptors (Lipinski definition) is 7. The molecule has 2 rings (SSSR count). The van der Waals surface area contributed by atoms with Crippen molar-refractivity contribution in [3.63, 3.8) is 0 Å². The number of carboxylic acid groups (broad SMARTS) is 1. The molecule has 0 saturated carbocycles. The zero-order valence-electron chi connectivity index (χ0n) is 9.61. The number of hydrogen-bond donors (Lipinski definition) is 1. The smallest absolute Gasteiger partial charge is 0.358 e. The van der Waals surface area contributed by atoms with E-state index >= 15 is 0 Å². The van der Waals surface area contributed by atoms with Gasteiger partial charge in [-0.1, -0.05) is 23.9 Å². The van der Waals surface area contributed by atoms with Gasteiger partial charge >= 0.3 is 5.97 Å². The number of aromatic nitrogens is 5. The summed E-state index contributed by atoms with van der Waals surface area (Å²) in [5, 5.41) is 16.0. The van der Waals surface area contributed by atoms with Crippen molar-refractivity contribution in [2.45, 2.75) is 24.2 Å². The van der Waals surface area contributed by atoms with Gasteiger partial charge < -0.3 is 5.11 Å². The molecule has 0 aliphatic heterocycles. The highest BCUT2D eigenvalue weighted by Crippen LogP contribution is 2.20. The second-order valence-corrected chi connectivity index (χ2v) is 5.44. The van der Waals surface area contributed by atoms with Crippen LogP contribution in [-0.4, -0.2) is 41.2 Å². The lowest BCUT2D eigenvalue weighted by atomic mass is 10.5. The molecule has 1 N–H and O–H groups in total. The van der Waals surface area contributed by atoms with Crippen molar-refractivity contribution in [3.05, 3.63) is 17.7 Å². The summed E-state index contributed by atoms with van der Waals surface area (Å²) in [6.07, 6.45) is 2.25. The Hall–Kier alpha value is -1.48. The minimum Gasteiger partial charge on any atom is -0.476 e. The van der Waals surface area contributed by atoms with E-state index in [0.29, 0.717) is 6.54 Å². The highest BCUT2D eigenvalue weighted by Gasteiger charge is 2.08. The average molecular weight is 285 g/mol. The quantitative estimate of drug-likeness (QED) is 0.796. The third-order valence-electron chi connectivity index (χ3n) is 2.07. The topological polar surface area (TPSA) is 93.8 Å². The Kier molecular flexibility index (Phi) is 4.26. The summed E-state index contributed by atoms with van der Waals surface area (Å²) >= 11 is 2.96. The molecule has 0 aliphatic rings. The molecule has 0 aromatic carbocycles. The predicted molar refractivity (Wildman–Crippen MR) is 67.0 cm³/mol. The Morgan fingerprint density at radius 3 is 3.06 bits per heavy atom. The minimum atomic E-state index is -1.06. The first-order chi connectivity index (χ1) is 8.69. The van der Waals surface area contributed by atoms with Crippen molar-refractivity contribution in [2.75, 3.05) is 5.75 Å². The van der Waals surface area contributed by atoms with Gasteiger partial charge in [0.1, 0.15) is 5.82 Å². The Bertz CT molecular complexity index is 539. The van der Waals surface area contributed by atoms with E-state index in [0.717, 1.165) is 22.3 Å². The largest absolute Gasteiger partial charge is 0.476 e. The molecule has 7 nitrogen and oxygen atoms in total. The standard InChI is InChI=1S/C9H11N5O2S2/c1-2-7-10-9(18-12-7)17-4-3-14-5-6(8(15)16)11-13-14/h5H,2-4H2,1H3,(H,15,16). The van der Waals surface area contributed by atoms with Crippen molar-refractivity contribution in [1.29, 1.82) is 0 Å². The van der Waals surface area contributed by atoms with E-state index in [-0.39, 0.29) is 5.69 Å². The lowest BCUT2D eigenvalue weighted by Crippen LogP contribution is -2.01. The molecule has 0 aliphatic carbocycles. The maximum Gasteiger partial charge on any atom is 0.358 e. The van der Waals surface area contributed by atoms with Crippen LogP contribution in [0.25, 0.3) is 0 Å². The first-order valence-corrected chi connectivity index (χ1v) is 7.03. The first kappa shape index (κ1) is 13.0. The summed E-state index contributed by atoms with van der Waals surface area (Å²) in [6, 6.07) is 0. The van der Waals surface area contributed by atoms with Crippen LogP contribution in [0.1, 0.15) is 23.2 Å². The zero-order valence-corrected chi connectivity index (χ0v) is 11.2. The summed E-state index contributed by atoms with van der Waals surface area (Å²) in [5.41, 5.74) is -0.0378. The fourth-order valence-electron chi connectivity index (χ4n) is 1.17. The lowest BCUT2D eigenvalue weighted by Gasteiger charge is -1.97. The van der Waals surface area contributed by atoms with Gasteiger partial charge in [0.15, 0.2) is 10.0 Å². The predicted octanol–water partition coefficient (Wildman–Crippen LogP) is 1.18. The molecule has 0 saturated heterocycles. The number of nitrogens with zero attached hydrogens (tertiary/aromatic N) is 5. The van der Waals surface area contributed by atoms with Crippen molar-refractivity contribution in [1.82, 2.24) is 24.4 Å². The zero-order chi connectivity index (χ0) is 13.0. The van der Waals surface area contributed by atoms with Crippen molar-refractivity contribution in [3.8, 4) is 0 Å². The summed E-state index contributed by atoms with van der Waals surface area (Å²) in [4.78, 5) is 14.9. The van der Waals surface area contributed by atoms with Crippen LogP contribution in [0.4, 0.5) is 0 Å². The lowest BCUT2D eigenvalue weighted by molar-refractivity contribution is 0.0690. The van der Waals surface area contributed by atoms with Crippen LogP contribution >= 0.6 is 23.3 Å².